The Morgan fingerprint density at radius 1 is 1.20 bits per heavy atom. The van der Waals surface area contributed by atoms with Gasteiger partial charge in [0.1, 0.15) is 0 Å². The fourth-order valence-electron chi connectivity index (χ4n) is 2.88. The van der Waals surface area contributed by atoms with Gasteiger partial charge in [-0.1, -0.05) is 33.6 Å². The van der Waals surface area contributed by atoms with Gasteiger partial charge in [-0.3, -0.25) is 4.79 Å². The van der Waals surface area contributed by atoms with Crippen LogP contribution in [0.2, 0.25) is 0 Å². The van der Waals surface area contributed by atoms with Crippen LogP contribution in [-0.2, 0) is 4.79 Å². The molecule has 0 saturated heterocycles. The lowest BCUT2D eigenvalue weighted by atomic mass is 9.78. The lowest BCUT2D eigenvalue weighted by molar-refractivity contribution is -0.141. The summed E-state index contributed by atoms with van der Waals surface area (Å²) < 4.78 is 0. The molecule has 116 valence electrons. The minimum Gasteiger partial charge on any atom is -0.481 e. The van der Waals surface area contributed by atoms with Crippen LogP contribution in [0.3, 0.4) is 0 Å². The van der Waals surface area contributed by atoms with Crippen LogP contribution in [0, 0.1) is 17.8 Å². The molecule has 0 radical (unpaired) electrons. The van der Waals surface area contributed by atoms with E-state index in [4.69, 9.17) is 5.11 Å². The highest BCUT2D eigenvalue weighted by Crippen LogP contribution is 2.30. The maximum absolute atomic E-state index is 11.9. The number of rotatable bonds is 6. The highest BCUT2D eigenvalue weighted by molar-refractivity contribution is 5.74. The molecule has 3 atom stereocenters. The van der Waals surface area contributed by atoms with E-state index in [1.807, 2.05) is 0 Å². The highest BCUT2D eigenvalue weighted by Gasteiger charge is 2.28. The molecular formula is C15H28N2O3. The second-order valence-corrected chi connectivity index (χ2v) is 6.23. The van der Waals surface area contributed by atoms with Gasteiger partial charge in [-0.2, -0.15) is 0 Å². The Hall–Kier alpha value is -1.26. The smallest absolute Gasteiger partial charge is 0.315 e. The number of carboxylic acids is 1. The van der Waals surface area contributed by atoms with E-state index in [-0.39, 0.29) is 12.1 Å². The third-order valence-electron chi connectivity index (χ3n) is 4.28. The van der Waals surface area contributed by atoms with Crippen molar-refractivity contribution in [2.75, 3.05) is 6.54 Å². The third-order valence-corrected chi connectivity index (χ3v) is 4.28. The molecule has 0 aliphatic heterocycles. The zero-order valence-electron chi connectivity index (χ0n) is 12.8. The first-order chi connectivity index (χ1) is 9.41. The molecule has 1 aliphatic rings. The minimum atomic E-state index is -0.820. The summed E-state index contributed by atoms with van der Waals surface area (Å²) in [6.07, 6.45) is 5.10. The molecule has 3 N–H and O–H groups in total. The second kappa shape index (κ2) is 8.12. The molecular weight excluding hydrogens is 256 g/mol. The number of hydrogen-bond acceptors (Lipinski definition) is 2. The summed E-state index contributed by atoms with van der Waals surface area (Å²) in [5.74, 6) is -0.118. The van der Waals surface area contributed by atoms with Crippen LogP contribution >= 0.6 is 0 Å². The number of urea groups is 1. The van der Waals surface area contributed by atoms with Crippen LogP contribution in [0.25, 0.3) is 0 Å². The maximum Gasteiger partial charge on any atom is 0.315 e. The monoisotopic (exact) mass is 284 g/mol. The SMILES string of the molecule is CC(CCNC(=O)NC1CCCCC1C(C)C)C(=O)O. The zero-order valence-corrected chi connectivity index (χ0v) is 12.8. The van der Waals surface area contributed by atoms with E-state index >= 15 is 0 Å². The lowest BCUT2D eigenvalue weighted by Gasteiger charge is -2.34. The fraction of sp³-hybridized carbons (Fsp3) is 0.867. The number of hydrogen-bond donors (Lipinski definition) is 3. The van der Waals surface area contributed by atoms with Gasteiger partial charge >= 0.3 is 12.0 Å². The van der Waals surface area contributed by atoms with E-state index in [0.717, 1.165) is 6.42 Å². The van der Waals surface area contributed by atoms with Crippen molar-refractivity contribution in [3.63, 3.8) is 0 Å². The molecule has 1 rings (SSSR count). The van der Waals surface area contributed by atoms with Gasteiger partial charge in [-0.25, -0.2) is 4.79 Å². The molecule has 5 nitrogen and oxygen atoms in total. The van der Waals surface area contributed by atoms with E-state index in [1.165, 1.54) is 19.3 Å². The van der Waals surface area contributed by atoms with Gasteiger partial charge in [0.25, 0.3) is 0 Å². The van der Waals surface area contributed by atoms with E-state index < -0.39 is 11.9 Å². The van der Waals surface area contributed by atoms with Crippen molar-refractivity contribution in [1.82, 2.24) is 10.6 Å². The van der Waals surface area contributed by atoms with Gasteiger partial charge in [0.05, 0.1) is 5.92 Å². The predicted octanol–water partition coefficient (Wildman–Crippen LogP) is 2.61. The van der Waals surface area contributed by atoms with Crippen LogP contribution < -0.4 is 10.6 Å². The molecule has 3 unspecified atom stereocenters. The van der Waals surface area contributed by atoms with Crippen molar-refractivity contribution >= 4 is 12.0 Å². The number of nitrogens with one attached hydrogen (secondary N) is 2. The maximum atomic E-state index is 11.9. The number of carbonyl (C=O) groups is 2. The summed E-state index contributed by atoms with van der Waals surface area (Å²) in [5, 5.41) is 14.6. The first kappa shape index (κ1) is 16.8. The van der Waals surface area contributed by atoms with Crippen molar-refractivity contribution in [2.24, 2.45) is 17.8 Å². The summed E-state index contributed by atoms with van der Waals surface area (Å²) in [6.45, 7) is 6.46. The molecule has 0 aromatic rings. The van der Waals surface area contributed by atoms with Crippen LogP contribution in [-0.4, -0.2) is 29.7 Å². The first-order valence-electron chi connectivity index (χ1n) is 7.69. The van der Waals surface area contributed by atoms with Crippen molar-refractivity contribution in [1.29, 1.82) is 0 Å². The number of carboxylic acid groups (broad SMARTS) is 1. The van der Waals surface area contributed by atoms with Gasteiger partial charge in [0.2, 0.25) is 0 Å². The molecule has 0 heterocycles. The van der Waals surface area contributed by atoms with Gasteiger partial charge in [0, 0.05) is 12.6 Å². The molecule has 0 bridgehead atoms. The molecule has 0 aromatic heterocycles. The average Bonchev–Trinajstić information content (AvgIpc) is 2.38. The third kappa shape index (κ3) is 5.39. The summed E-state index contributed by atoms with van der Waals surface area (Å²) in [5.41, 5.74) is 0. The van der Waals surface area contributed by atoms with E-state index in [0.29, 0.717) is 24.8 Å². The van der Waals surface area contributed by atoms with Crippen LogP contribution in [0.5, 0.6) is 0 Å². The number of amides is 2. The average molecular weight is 284 g/mol. The van der Waals surface area contributed by atoms with Crippen LogP contribution in [0.15, 0.2) is 0 Å². The summed E-state index contributed by atoms with van der Waals surface area (Å²) in [6, 6.07) is 0.0841. The molecule has 0 spiro atoms. The number of aliphatic carboxylic acids is 1. The van der Waals surface area contributed by atoms with E-state index in [9.17, 15) is 9.59 Å². The van der Waals surface area contributed by atoms with Gasteiger partial charge in [-0.15, -0.1) is 0 Å². The Balaban J connectivity index is 2.31. The van der Waals surface area contributed by atoms with Crippen LogP contribution in [0.4, 0.5) is 4.79 Å². The van der Waals surface area contributed by atoms with Crippen molar-refractivity contribution in [3.05, 3.63) is 0 Å². The summed E-state index contributed by atoms with van der Waals surface area (Å²) in [7, 11) is 0. The molecule has 1 saturated carbocycles. The molecule has 1 aliphatic carbocycles. The number of carbonyl (C=O) groups excluding carboxylic acids is 1. The van der Waals surface area contributed by atoms with Gasteiger partial charge in [-0.05, 0) is 31.1 Å². The zero-order chi connectivity index (χ0) is 15.1. The van der Waals surface area contributed by atoms with E-state index in [2.05, 4.69) is 24.5 Å². The molecule has 20 heavy (non-hydrogen) atoms. The highest BCUT2D eigenvalue weighted by atomic mass is 16.4. The normalized spacial score (nSPS) is 24.2. The van der Waals surface area contributed by atoms with Gasteiger partial charge < -0.3 is 15.7 Å². The Morgan fingerprint density at radius 2 is 1.85 bits per heavy atom. The largest absolute Gasteiger partial charge is 0.481 e. The fourth-order valence-corrected chi connectivity index (χ4v) is 2.88. The molecule has 5 heteroatoms. The summed E-state index contributed by atoms with van der Waals surface area (Å²) in [4.78, 5) is 22.5. The second-order valence-electron chi connectivity index (χ2n) is 6.23. The Bertz CT molecular complexity index is 331. The summed E-state index contributed by atoms with van der Waals surface area (Å²) >= 11 is 0. The molecule has 0 aromatic carbocycles. The van der Waals surface area contributed by atoms with Crippen LogP contribution in [0.1, 0.15) is 52.9 Å². The van der Waals surface area contributed by atoms with Gasteiger partial charge in [0.15, 0.2) is 0 Å². The quantitative estimate of drug-likeness (QED) is 0.701. The molecule has 1 fully saturated rings. The van der Waals surface area contributed by atoms with Crippen molar-refractivity contribution in [2.45, 2.75) is 58.9 Å². The Morgan fingerprint density at radius 3 is 2.45 bits per heavy atom. The van der Waals surface area contributed by atoms with Crippen molar-refractivity contribution < 1.29 is 14.7 Å². The Kier molecular flexibility index (Phi) is 6.82. The Labute approximate surface area is 121 Å². The lowest BCUT2D eigenvalue weighted by Crippen LogP contribution is -2.48. The van der Waals surface area contributed by atoms with E-state index in [1.54, 1.807) is 6.92 Å². The standard InChI is InChI=1S/C15H28N2O3/c1-10(2)12-6-4-5-7-13(12)17-15(20)16-9-8-11(3)14(18)19/h10-13H,4-9H2,1-3H3,(H,18,19)(H2,16,17,20). The van der Waals surface area contributed by atoms with Crippen molar-refractivity contribution in [3.8, 4) is 0 Å². The first-order valence-corrected chi connectivity index (χ1v) is 7.69. The predicted molar refractivity (Wildman–Crippen MR) is 78.5 cm³/mol. The minimum absolute atomic E-state index is 0.167. The topological polar surface area (TPSA) is 78.4 Å². The molecule has 2 amide bonds.